The number of β-lactam (4-membered cyclic amide) rings is 1. The van der Waals surface area contributed by atoms with E-state index in [1.54, 1.807) is 27.8 Å². The second-order valence-corrected chi connectivity index (χ2v) is 8.86. The van der Waals surface area contributed by atoms with Gasteiger partial charge in [-0.1, -0.05) is 6.07 Å². The number of rotatable bonds is 3. The summed E-state index contributed by atoms with van der Waals surface area (Å²) < 4.78 is 1.62. The molecule has 2 aliphatic heterocycles. The van der Waals surface area contributed by atoms with Crippen LogP contribution in [-0.4, -0.2) is 47.2 Å². The normalized spacial score (nSPS) is 29.5. The lowest BCUT2D eigenvalue weighted by Gasteiger charge is -2.42. The van der Waals surface area contributed by atoms with E-state index in [9.17, 15) is 4.79 Å². The van der Waals surface area contributed by atoms with E-state index >= 15 is 0 Å². The molecule has 116 valence electrons. The van der Waals surface area contributed by atoms with Crippen molar-refractivity contribution in [3.63, 3.8) is 0 Å². The van der Waals surface area contributed by atoms with E-state index in [1.165, 1.54) is 4.88 Å². The molecule has 2 aliphatic rings. The van der Waals surface area contributed by atoms with Gasteiger partial charge < -0.3 is 10.6 Å². The molecule has 2 fully saturated rings. The van der Waals surface area contributed by atoms with Crippen LogP contribution in [0.1, 0.15) is 30.6 Å². The second-order valence-electron chi connectivity index (χ2n) is 6.06. The molecule has 2 saturated heterocycles. The molecule has 2 aromatic rings. The van der Waals surface area contributed by atoms with Crippen LogP contribution in [-0.2, 0) is 11.3 Å². The van der Waals surface area contributed by atoms with Crippen LogP contribution in [0.3, 0.4) is 0 Å². The number of hydrogen-bond acceptors (Lipinski definition) is 7. The van der Waals surface area contributed by atoms with Crippen LogP contribution < -0.4 is 5.73 Å². The highest BCUT2D eigenvalue weighted by molar-refractivity contribution is 8.01. The average Bonchev–Trinajstić information content (AvgIpc) is 3.18. The third-order valence-corrected chi connectivity index (χ3v) is 6.63. The summed E-state index contributed by atoms with van der Waals surface area (Å²) in [6, 6.07) is 3.51. The Labute approximate surface area is 135 Å². The molecule has 0 aromatic carbocycles. The van der Waals surface area contributed by atoms with Gasteiger partial charge in [-0.2, -0.15) is 0 Å². The Hall–Kier alpha value is -1.45. The van der Waals surface area contributed by atoms with E-state index in [0.29, 0.717) is 6.54 Å². The molecule has 2 aromatic heterocycles. The summed E-state index contributed by atoms with van der Waals surface area (Å²) in [7, 11) is 0. The number of fused-ring (bicyclic) bond motifs is 1. The fourth-order valence-electron chi connectivity index (χ4n) is 3.13. The maximum absolute atomic E-state index is 12.2. The summed E-state index contributed by atoms with van der Waals surface area (Å²) in [5.41, 5.74) is 5.92. The van der Waals surface area contributed by atoms with E-state index in [1.807, 2.05) is 16.3 Å². The number of aromatic nitrogens is 4. The zero-order valence-electron chi connectivity index (χ0n) is 12.2. The van der Waals surface area contributed by atoms with E-state index in [2.05, 4.69) is 35.4 Å². The van der Waals surface area contributed by atoms with Crippen LogP contribution in [0.5, 0.6) is 0 Å². The lowest BCUT2D eigenvalue weighted by Crippen LogP contribution is -2.65. The Morgan fingerprint density at radius 3 is 3.00 bits per heavy atom. The maximum Gasteiger partial charge on any atom is 0.244 e. The highest BCUT2D eigenvalue weighted by atomic mass is 32.2. The van der Waals surface area contributed by atoms with Crippen LogP contribution in [0, 0.1) is 0 Å². The minimum Gasteiger partial charge on any atom is -0.317 e. The van der Waals surface area contributed by atoms with E-state index < -0.39 is 6.04 Å². The van der Waals surface area contributed by atoms with Crippen molar-refractivity contribution in [2.24, 2.45) is 5.73 Å². The molecule has 1 amide bonds. The predicted octanol–water partition coefficient (Wildman–Crippen LogP) is 0.845. The first-order valence-electron chi connectivity index (χ1n) is 7.03. The Bertz CT molecular complexity index is 712. The van der Waals surface area contributed by atoms with Crippen molar-refractivity contribution in [3.05, 3.63) is 28.2 Å². The zero-order valence-corrected chi connectivity index (χ0v) is 13.8. The SMILES string of the molecule is CC1(C)S[C@@H]2C(N)C(=O)N2C1c1nnnn1Cc1cccs1. The molecule has 3 atom stereocenters. The number of thiophene rings is 1. The van der Waals surface area contributed by atoms with Crippen LogP contribution >= 0.6 is 23.1 Å². The molecular formula is C13H16N6OS2. The molecule has 0 saturated carbocycles. The zero-order chi connectivity index (χ0) is 15.5. The molecular weight excluding hydrogens is 320 g/mol. The van der Waals surface area contributed by atoms with Crippen molar-refractivity contribution in [1.29, 1.82) is 0 Å². The number of amides is 1. The van der Waals surface area contributed by atoms with E-state index in [4.69, 9.17) is 5.73 Å². The first kappa shape index (κ1) is 14.2. The largest absolute Gasteiger partial charge is 0.317 e. The number of hydrogen-bond donors (Lipinski definition) is 1. The molecule has 2 N–H and O–H groups in total. The summed E-state index contributed by atoms with van der Waals surface area (Å²) >= 11 is 3.39. The van der Waals surface area contributed by atoms with Crippen molar-refractivity contribution in [1.82, 2.24) is 25.1 Å². The smallest absolute Gasteiger partial charge is 0.244 e. The molecule has 9 heteroatoms. The van der Waals surface area contributed by atoms with Gasteiger partial charge in [0.15, 0.2) is 5.82 Å². The van der Waals surface area contributed by atoms with Gasteiger partial charge in [-0.25, -0.2) is 4.68 Å². The molecule has 0 aliphatic carbocycles. The first-order chi connectivity index (χ1) is 10.5. The fourth-order valence-corrected chi connectivity index (χ4v) is 5.39. The van der Waals surface area contributed by atoms with Gasteiger partial charge in [-0.05, 0) is 35.7 Å². The second kappa shape index (κ2) is 4.77. The van der Waals surface area contributed by atoms with Crippen LogP contribution in [0.15, 0.2) is 17.5 Å². The quantitative estimate of drug-likeness (QED) is 0.836. The molecule has 22 heavy (non-hydrogen) atoms. The average molecular weight is 336 g/mol. The third kappa shape index (κ3) is 1.92. The highest BCUT2D eigenvalue weighted by Crippen LogP contribution is 2.56. The first-order valence-corrected chi connectivity index (χ1v) is 8.79. The van der Waals surface area contributed by atoms with Crippen LogP contribution in [0.2, 0.25) is 0 Å². The molecule has 4 heterocycles. The summed E-state index contributed by atoms with van der Waals surface area (Å²) in [6.45, 7) is 4.85. The Morgan fingerprint density at radius 2 is 2.27 bits per heavy atom. The molecule has 0 spiro atoms. The van der Waals surface area contributed by atoms with Crippen molar-refractivity contribution in [3.8, 4) is 0 Å². The van der Waals surface area contributed by atoms with Crippen LogP contribution in [0.4, 0.5) is 0 Å². The summed E-state index contributed by atoms with van der Waals surface area (Å²) in [4.78, 5) is 15.2. The van der Waals surface area contributed by atoms with Crippen molar-refractivity contribution in [2.75, 3.05) is 0 Å². The van der Waals surface area contributed by atoms with Gasteiger partial charge in [0.1, 0.15) is 17.5 Å². The minimum absolute atomic E-state index is 0.0150. The van der Waals surface area contributed by atoms with Gasteiger partial charge >= 0.3 is 0 Å². The summed E-state index contributed by atoms with van der Waals surface area (Å²) in [6.07, 6.45) is 0. The Kier molecular flexibility index (Phi) is 3.07. The van der Waals surface area contributed by atoms with Crippen LogP contribution in [0.25, 0.3) is 0 Å². The number of carbonyl (C=O) groups is 1. The third-order valence-electron chi connectivity index (χ3n) is 4.17. The van der Waals surface area contributed by atoms with Gasteiger partial charge in [-0.3, -0.25) is 4.79 Å². The molecule has 0 bridgehead atoms. The number of tetrazole rings is 1. The summed E-state index contributed by atoms with van der Waals surface area (Å²) in [5, 5.41) is 14.2. The standard InChI is InChI=1S/C13H16N6OS2/c1-13(2)9(19-11(20)8(14)12(19)22-13)10-15-16-17-18(10)6-7-4-3-5-21-7/h3-5,8-9,12H,6,14H2,1-2H3/t8?,9?,12-/m1/s1. The van der Waals surface area contributed by atoms with Gasteiger partial charge in [0.05, 0.1) is 6.54 Å². The van der Waals surface area contributed by atoms with Crippen molar-refractivity contribution >= 4 is 29.0 Å². The molecule has 2 unspecified atom stereocenters. The number of nitrogens with two attached hydrogens (primary N) is 1. The Balaban J connectivity index is 1.70. The van der Waals surface area contributed by atoms with Gasteiger partial charge in [0, 0.05) is 9.62 Å². The maximum atomic E-state index is 12.2. The molecule has 0 radical (unpaired) electrons. The highest BCUT2D eigenvalue weighted by Gasteiger charge is 2.61. The summed E-state index contributed by atoms with van der Waals surface area (Å²) in [5.74, 6) is 0.715. The number of carbonyl (C=O) groups excluding carboxylic acids is 1. The fraction of sp³-hybridized carbons (Fsp3) is 0.538. The Morgan fingerprint density at radius 1 is 1.45 bits per heavy atom. The molecule has 7 nitrogen and oxygen atoms in total. The van der Waals surface area contributed by atoms with E-state index in [0.717, 1.165) is 5.82 Å². The van der Waals surface area contributed by atoms with Gasteiger partial charge in [-0.15, -0.1) is 28.2 Å². The van der Waals surface area contributed by atoms with E-state index in [-0.39, 0.29) is 22.1 Å². The molecule has 4 rings (SSSR count). The van der Waals surface area contributed by atoms with Crippen molar-refractivity contribution in [2.45, 2.75) is 42.6 Å². The minimum atomic E-state index is -0.407. The van der Waals surface area contributed by atoms with Gasteiger partial charge in [0.25, 0.3) is 0 Å². The number of nitrogens with zero attached hydrogens (tertiary/aromatic N) is 5. The number of thioether (sulfide) groups is 1. The lowest BCUT2D eigenvalue weighted by molar-refractivity contribution is -0.147. The van der Waals surface area contributed by atoms with Gasteiger partial charge in [0.2, 0.25) is 5.91 Å². The monoisotopic (exact) mass is 336 g/mol. The topological polar surface area (TPSA) is 89.9 Å². The van der Waals surface area contributed by atoms with Crippen molar-refractivity contribution < 1.29 is 4.79 Å². The predicted molar refractivity (Wildman–Crippen MR) is 84.3 cm³/mol. The lowest BCUT2D eigenvalue weighted by atomic mass is 9.95.